The smallest absolute Gasteiger partial charge is 0.191 e. The van der Waals surface area contributed by atoms with Gasteiger partial charge in [-0.05, 0) is 37.0 Å². The fourth-order valence-electron chi connectivity index (χ4n) is 4.16. The number of aryl methyl sites for hydroxylation is 2. The molecule has 0 bridgehead atoms. The lowest BCUT2D eigenvalue weighted by Gasteiger charge is -2.39. The molecule has 1 aromatic carbocycles. The molecular weight excluding hydrogens is 322 g/mol. The van der Waals surface area contributed by atoms with Crippen LogP contribution in [0.15, 0.2) is 41.5 Å². The van der Waals surface area contributed by atoms with E-state index in [1.165, 1.54) is 43.2 Å². The molecule has 0 spiro atoms. The highest BCUT2D eigenvalue weighted by Crippen LogP contribution is 2.40. The first-order valence-electron chi connectivity index (χ1n) is 9.62. The predicted octanol–water partition coefficient (Wildman–Crippen LogP) is 3.30. The molecule has 5 heteroatoms. The van der Waals surface area contributed by atoms with Gasteiger partial charge in [0, 0.05) is 32.3 Å². The van der Waals surface area contributed by atoms with Gasteiger partial charge in [0.15, 0.2) is 5.96 Å². The Kier molecular flexibility index (Phi) is 5.96. The standard InChI is InChI=1S/C21H31N5/c1-17-9-5-6-10-19(17)21(12-7-4-8-13-21)16-24-20(22-2)23-15-18-11-14-25-26(18)3/h5-6,9-11,14H,4,7-8,12-13,15-16H2,1-3H3,(H2,22,23,24). The SMILES string of the molecule is CN=C(NCc1ccnn1C)NCC1(c2ccccc2C)CCCCC1. The van der Waals surface area contributed by atoms with Gasteiger partial charge in [0.2, 0.25) is 0 Å². The van der Waals surface area contributed by atoms with E-state index in [0.29, 0.717) is 6.54 Å². The van der Waals surface area contributed by atoms with Crippen LogP contribution in [-0.4, -0.2) is 29.3 Å². The fourth-order valence-corrected chi connectivity index (χ4v) is 4.16. The largest absolute Gasteiger partial charge is 0.356 e. The summed E-state index contributed by atoms with van der Waals surface area (Å²) in [5.74, 6) is 0.852. The van der Waals surface area contributed by atoms with Crippen molar-refractivity contribution in [2.45, 2.75) is 51.0 Å². The lowest BCUT2D eigenvalue weighted by molar-refractivity contribution is 0.290. The Morgan fingerprint density at radius 3 is 2.58 bits per heavy atom. The normalized spacial score (nSPS) is 17.1. The van der Waals surface area contributed by atoms with Crippen LogP contribution in [0.1, 0.15) is 48.9 Å². The summed E-state index contributed by atoms with van der Waals surface area (Å²) >= 11 is 0. The van der Waals surface area contributed by atoms with Crippen LogP contribution in [0.25, 0.3) is 0 Å². The van der Waals surface area contributed by atoms with Gasteiger partial charge in [0.1, 0.15) is 0 Å². The summed E-state index contributed by atoms with van der Waals surface area (Å²) in [6.45, 7) is 3.87. The highest BCUT2D eigenvalue weighted by atomic mass is 15.3. The molecule has 0 unspecified atom stereocenters. The van der Waals surface area contributed by atoms with Gasteiger partial charge in [0.25, 0.3) is 0 Å². The van der Waals surface area contributed by atoms with E-state index in [1.807, 2.05) is 31.0 Å². The van der Waals surface area contributed by atoms with Gasteiger partial charge in [-0.15, -0.1) is 0 Å². The summed E-state index contributed by atoms with van der Waals surface area (Å²) in [4.78, 5) is 4.41. The number of benzene rings is 1. The third-order valence-corrected chi connectivity index (χ3v) is 5.70. The molecule has 0 saturated heterocycles. The van der Waals surface area contributed by atoms with Gasteiger partial charge in [-0.3, -0.25) is 9.67 Å². The summed E-state index contributed by atoms with van der Waals surface area (Å²) in [5, 5.41) is 11.2. The summed E-state index contributed by atoms with van der Waals surface area (Å²) < 4.78 is 1.89. The van der Waals surface area contributed by atoms with Gasteiger partial charge in [-0.25, -0.2) is 0 Å². The molecule has 0 amide bonds. The number of nitrogens with one attached hydrogen (secondary N) is 2. The lowest BCUT2D eigenvalue weighted by Crippen LogP contribution is -2.46. The molecule has 26 heavy (non-hydrogen) atoms. The Bertz CT molecular complexity index is 740. The maximum absolute atomic E-state index is 4.41. The minimum absolute atomic E-state index is 0.202. The first kappa shape index (κ1) is 18.5. The van der Waals surface area contributed by atoms with Crippen LogP contribution in [0, 0.1) is 6.92 Å². The van der Waals surface area contributed by atoms with Crippen LogP contribution in [0.3, 0.4) is 0 Å². The second kappa shape index (κ2) is 8.39. The molecule has 3 rings (SSSR count). The summed E-state index contributed by atoms with van der Waals surface area (Å²) in [6.07, 6.45) is 8.25. The van der Waals surface area contributed by atoms with Crippen molar-refractivity contribution >= 4 is 5.96 Å². The van der Waals surface area contributed by atoms with Crippen molar-refractivity contribution in [3.05, 3.63) is 53.3 Å². The van der Waals surface area contributed by atoms with E-state index < -0.39 is 0 Å². The predicted molar refractivity (Wildman–Crippen MR) is 107 cm³/mol. The molecule has 0 atom stereocenters. The number of nitrogens with zero attached hydrogens (tertiary/aromatic N) is 3. The molecular formula is C21H31N5. The molecule has 1 saturated carbocycles. The average Bonchev–Trinajstić information content (AvgIpc) is 3.08. The van der Waals surface area contributed by atoms with Crippen LogP contribution >= 0.6 is 0 Å². The van der Waals surface area contributed by atoms with Gasteiger partial charge in [0.05, 0.1) is 12.2 Å². The van der Waals surface area contributed by atoms with Gasteiger partial charge in [-0.2, -0.15) is 5.10 Å². The Morgan fingerprint density at radius 2 is 1.92 bits per heavy atom. The van der Waals surface area contributed by atoms with Crippen LogP contribution in [0.2, 0.25) is 0 Å². The molecule has 1 heterocycles. The third kappa shape index (κ3) is 4.09. The van der Waals surface area contributed by atoms with Crippen molar-refractivity contribution in [2.24, 2.45) is 12.0 Å². The average molecular weight is 354 g/mol. The summed E-state index contributed by atoms with van der Waals surface area (Å²) in [7, 11) is 3.79. The number of guanidine groups is 1. The van der Waals surface area contributed by atoms with Crippen LogP contribution in [0.4, 0.5) is 0 Å². The first-order chi connectivity index (χ1) is 12.6. The minimum Gasteiger partial charge on any atom is -0.356 e. The lowest BCUT2D eigenvalue weighted by atomic mass is 9.68. The Hall–Kier alpha value is -2.30. The molecule has 0 aliphatic heterocycles. The van der Waals surface area contributed by atoms with Crippen LogP contribution in [0.5, 0.6) is 0 Å². The summed E-state index contributed by atoms with van der Waals surface area (Å²) in [5.41, 5.74) is 4.23. The van der Waals surface area contributed by atoms with Crippen LogP contribution in [-0.2, 0) is 19.0 Å². The van der Waals surface area contributed by atoms with Crippen molar-refractivity contribution < 1.29 is 0 Å². The molecule has 2 aromatic rings. The second-order valence-electron chi connectivity index (χ2n) is 7.38. The summed E-state index contributed by atoms with van der Waals surface area (Å²) in [6, 6.07) is 10.9. The molecule has 1 aliphatic rings. The number of hydrogen-bond acceptors (Lipinski definition) is 2. The highest BCUT2D eigenvalue weighted by Gasteiger charge is 2.34. The van der Waals surface area contributed by atoms with E-state index >= 15 is 0 Å². The zero-order valence-electron chi connectivity index (χ0n) is 16.3. The maximum Gasteiger partial charge on any atom is 0.191 e. The topological polar surface area (TPSA) is 54.2 Å². The zero-order valence-corrected chi connectivity index (χ0v) is 16.3. The number of aromatic nitrogens is 2. The van der Waals surface area contributed by atoms with E-state index in [1.54, 1.807) is 0 Å². The fraction of sp³-hybridized carbons (Fsp3) is 0.524. The first-order valence-corrected chi connectivity index (χ1v) is 9.62. The van der Waals surface area contributed by atoms with E-state index in [0.717, 1.165) is 18.2 Å². The molecule has 140 valence electrons. The van der Waals surface area contributed by atoms with E-state index in [4.69, 9.17) is 0 Å². The maximum atomic E-state index is 4.41. The quantitative estimate of drug-likeness (QED) is 0.641. The van der Waals surface area contributed by atoms with Gasteiger partial charge in [-0.1, -0.05) is 43.5 Å². The van der Waals surface area contributed by atoms with Crippen molar-refractivity contribution in [1.29, 1.82) is 0 Å². The van der Waals surface area contributed by atoms with E-state index in [2.05, 4.69) is 51.9 Å². The monoisotopic (exact) mass is 353 g/mol. The molecule has 5 nitrogen and oxygen atoms in total. The van der Waals surface area contributed by atoms with Gasteiger partial charge < -0.3 is 10.6 Å². The van der Waals surface area contributed by atoms with Crippen molar-refractivity contribution in [2.75, 3.05) is 13.6 Å². The van der Waals surface area contributed by atoms with E-state index in [-0.39, 0.29) is 5.41 Å². The zero-order chi connectivity index (χ0) is 18.4. The number of rotatable bonds is 5. The third-order valence-electron chi connectivity index (χ3n) is 5.70. The Balaban J connectivity index is 1.69. The Morgan fingerprint density at radius 1 is 1.15 bits per heavy atom. The molecule has 0 radical (unpaired) electrons. The van der Waals surface area contributed by atoms with Crippen molar-refractivity contribution in [1.82, 2.24) is 20.4 Å². The second-order valence-corrected chi connectivity index (χ2v) is 7.38. The molecule has 2 N–H and O–H groups in total. The molecule has 1 fully saturated rings. The van der Waals surface area contributed by atoms with Crippen molar-refractivity contribution in [3.63, 3.8) is 0 Å². The van der Waals surface area contributed by atoms with Gasteiger partial charge >= 0.3 is 0 Å². The van der Waals surface area contributed by atoms with Crippen molar-refractivity contribution in [3.8, 4) is 0 Å². The number of aliphatic imine (C=N–C) groups is 1. The highest BCUT2D eigenvalue weighted by molar-refractivity contribution is 5.79. The van der Waals surface area contributed by atoms with Crippen LogP contribution < -0.4 is 10.6 Å². The van der Waals surface area contributed by atoms with E-state index in [9.17, 15) is 0 Å². The minimum atomic E-state index is 0.202. The molecule has 1 aromatic heterocycles. The Labute approximate surface area is 156 Å². The molecule has 1 aliphatic carbocycles. The number of hydrogen-bond donors (Lipinski definition) is 2.